The van der Waals surface area contributed by atoms with Crippen molar-refractivity contribution in [2.75, 3.05) is 0 Å². The highest BCUT2D eigenvalue weighted by Gasteiger charge is 2.42. The number of hydrogen-bond donors (Lipinski definition) is 3. The van der Waals surface area contributed by atoms with E-state index in [1.807, 2.05) is 36.4 Å². The van der Waals surface area contributed by atoms with Crippen molar-refractivity contribution in [2.24, 2.45) is 11.8 Å². The number of aliphatic hydroxyl groups excluding tert-OH is 2. The van der Waals surface area contributed by atoms with Crippen LogP contribution in [-0.2, 0) is 16.1 Å². The maximum atomic E-state index is 10.8. The van der Waals surface area contributed by atoms with Gasteiger partial charge in [0, 0.05) is 12.5 Å². The molecule has 0 radical (unpaired) electrons. The summed E-state index contributed by atoms with van der Waals surface area (Å²) in [6, 6.07) is 10.1. The van der Waals surface area contributed by atoms with Gasteiger partial charge in [0.1, 0.15) is 0 Å². The molecule has 0 spiro atoms. The first-order valence-corrected chi connectivity index (χ1v) is 12.1. The highest BCUT2D eigenvalue weighted by molar-refractivity contribution is 5.79. The molecule has 5 nitrogen and oxygen atoms in total. The van der Waals surface area contributed by atoms with Crippen molar-refractivity contribution >= 4 is 5.97 Å². The summed E-state index contributed by atoms with van der Waals surface area (Å²) in [5.74, 6) is -0.670. The average Bonchev–Trinajstić information content (AvgIpc) is 3.08. The second-order valence-electron chi connectivity index (χ2n) is 8.88. The van der Waals surface area contributed by atoms with Gasteiger partial charge in [-0.3, -0.25) is 0 Å². The molecule has 32 heavy (non-hydrogen) atoms. The lowest BCUT2D eigenvalue weighted by atomic mass is 9.85. The van der Waals surface area contributed by atoms with E-state index in [0.29, 0.717) is 25.9 Å². The smallest absolute Gasteiger partial charge is 0.327 e. The molecule has 2 rings (SSSR count). The van der Waals surface area contributed by atoms with Crippen LogP contribution in [0.4, 0.5) is 0 Å². The molecule has 0 aliphatic heterocycles. The number of carboxylic acid groups (broad SMARTS) is 1. The summed E-state index contributed by atoms with van der Waals surface area (Å²) in [6.45, 7) is 2.68. The van der Waals surface area contributed by atoms with Gasteiger partial charge in [-0.05, 0) is 49.5 Å². The minimum Gasteiger partial charge on any atom is -0.478 e. The fraction of sp³-hybridized carbons (Fsp3) is 0.593. The van der Waals surface area contributed by atoms with Crippen LogP contribution in [0.1, 0.15) is 70.3 Å². The van der Waals surface area contributed by atoms with E-state index >= 15 is 0 Å². The Labute approximate surface area is 192 Å². The molecule has 0 saturated heterocycles. The van der Waals surface area contributed by atoms with E-state index in [4.69, 9.17) is 9.84 Å². The largest absolute Gasteiger partial charge is 0.478 e. The number of carboxylic acids is 1. The molecule has 3 N–H and O–H groups in total. The number of allylic oxidation sites excluding steroid dienone is 3. The number of rotatable bonds is 15. The summed E-state index contributed by atoms with van der Waals surface area (Å²) >= 11 is 0. The number of benzene rings is 1. The topological polar surface area (TPSA) is 87.0 Å². The third-order valence-electron chi connectivity index (χ3n) is 6.38. The molecule has 0 aromatic heterocycles. The van der Waals surface area contributed by atoms with Crippen LogP contribution in [0.2, 0.25) is 0 Å². The molecular weight excluding hydrogens is 404 g/mol. The van der Waals surface area contributed by atoms with Crippen molar-refractivity contribution < 1.29 is 24.9 Å². The normalized spacial score (nSPS) is 24.5. The molecule has 5 heteroatoms. The van der Waals surface area contributed by atoms with Gasteiger partial charge in [-0.25, -0.2) is 4.79 Å². The highest BCUT2D eigenvalue weighted by Crippen LogP contribution is 2.40. The van der Waals surface area contributed by atoms with Crippen molar-refractivity contribution in [1.29, 1.82) is 0 Å². The third-order valence-corrected chi connectivity index (χ3v) is 6.38. The maximum Gasteiger partial charge on any atom is 0.327 e. The predicted octanol–water partition coefficient (Wildman–Crippen LogP) is 5.27. The first kappa shape index (κ1) is 26.3. The van der Waals surface area contributed by atoms with Crippen molar-refractivity contribution in [2.45, 2.75) is 89.6 Å². The second-order valence-corrected chi connectivity index (χ2v) is 8.88. The minimum absolute atomic E-state index is 0.0355. The Morgan fingerprint density at radius 2 is 1.91 bits per heavy atom. The Balaban J connectivity index is 1.95. The zero-order valence-corrected chi connectivity index (χ0v) is 19.3. The molecule has 1 aliphatic carbocycles. The van der Waals surface area contributed by atoms with Gasteiger partial charge in [0.05, 0.1) is 24.9 Å². The number of aliphatic hydroxyl groups is 2. The van der Waals surface area contributed by atoms with Crippen LogP contribution in [0.3, 0.4) is 0 Å². The van der Waals surface area contributed by atoms with Crippen LogP contribution in [0.15, 0.2) is 54.6 Å². The van der Waals surface area contributed by atoms with E-state index in [1.165, 1.54) is 0 Å². The van der Waals surface area contributed by atoms with Gasteiger partial charge in [0.2, 0.25) is 0 Å². The molecule has 0 heterocycles. The summed E-state index contributed by atoms with van der Waals surface area (Å²) in [6.07, 6.45) is 13.6. The first-order chi connectivity index (χ1) is 15.5. The van der Waals surface area contributed by atoms with Gasteiger partial charge in [0.15, 0.2) is 0 Å². The molecule has 0 amide bonds. The molecule has 1 aliphatic rings. The number of hydrogen-bond acceptors (Lipinski definition) is 4. The molecule has 178 valence electrons. The Morgan fingerprint density at radius 3 is 2.62 bits per heavy atom. The molecule has 1 aromatic carbocycles. The van der Waals surface area contributed by atoms with Gasteiger partial charge < -0.3 is 20.1 Å². The van der Waals surface area contributed by atoms with Gasteiger partial charge in [-0.15, -0.1) is 0 Å². The standard InChI is InChI=1S/C27H40O5/c1-2-3-7-14-22(28)17-18-23-24(15-10-4-5-11-16-27(30)31)26(19-25(23)29)32-20-21-12-8-6-9-13-21/h4,6,8-13,16,22-26,28-29H,2-3,5,7,14-15,17-20H2,1H3,(H,30,31)/t22-,23+,24+,25+,26-/m0/s1. The zero-order chi connectivity index (χ0) is 23.2. The lowest BCUT2D eigenvalue weighted by molar-refractivity contribution is -0.131. The summed E-state index contributed by atoms with van der Waals surface area (Å²) in [5, 5.41) is 29.8. The average molecular weight is 445 g/mol. The van der Waals surface area contributed by atoms with E-state index < -0.39 is 12.1 Å². The molecule has 0 unspecified atom stereocenters. The van der Waals surface area contributed by atoms with E-state index in [9.17, 15) is 15.0 Å². The van der Waals surface area contributed by atoms with Gasteiger partial charge in [0.25, 0.3) is 0 Å². The summed E-state index contributed by atoms with van der Waals surface area (Å²) in [5.41, 5.74) is 1.12. The number of carbonyl (C=O) groups is 1. The van der Waals surface area contributed by atoms with E-state index in [-0.39, 0.29) is 24.0 Å². The Bertz CT molecular complexity index is 699. The van der Waals surface area contributed by atoms with Crippen molar-refractivity contribution in [1.82, 2.24) is 0 Å². The second kappa shape index (κ2) is 15.0. The number of unbranched alkanes of at least 4 members (excludes halogenated alkanes) is 2. The number of aliphatic carboxylic acids is 1. The number of ether oxygens (including phenoxy) is 1. The zero-order valence-electron chi connectivity index (χ0n) is 19.3. The molecule has 1 saturated carbocycles. The van der Waals surface area contributed by atoms with Gasteiger partial charge in [-0.1, -0.05) is 74.7 Å². The molecule has 0 bridgehead atoms. The predicted molar refractivity (Wildman–Crippen MR) is 127 cm³/mol. The monoisotopic (exact) mass is 444 g/mol. The van der Waals surface area contributed by atoms with Crippen LogP contribution in [0, 0.1) is 11.8 Å². The summed E-state index contributed by atoms with van der Waals surface area (Å²) in [4.78, 5) is 10.6. The van der Waals surface area contributed by atoms with Crippen molar-refractivity contribution in [3.63, 3.8) is 0 Å². The Morgan fingerprint density at radius 1 is 1.12 bits per heavy atom. The Hall–Kier alpha value is -1.95. The summed E-state index contributed by atoms with van der Waals surface area (Å²) in [7, 11) is 0. The quantitative estimate of drug-likeness (QED) is 0.195. The van der Waals surface area contributed by atoms with Crippen LogP contribution < -0.4 is 0 Å². The van der Waals surface area contributed by atoms with Crippen molar-refractivity contribution in [3.8, 4) is 0 Å². The highest BCUT2D eigenvalue weighted by atomic mass is 16.5. The minimum atomic E-state index is -0.941. The fourth-order valence-corrected chi connectivity index (χ4v) is 4.61. The molecule has 1 fully saturated rings. The van der Waals surface area contributed by atoms with Crippen LogP contribution in [-0.4, -0.2) is 39.6 Å². The van der Waals surface area contributed by atoms with Gasteiger partial charge in [-0.2, -0.15) is 0 Å². The fourth-order valence-electron chi connectivity index (χ4n) is 4.61. The first-order valence-electron chi connectivity index (χ1n) is 12.1. The Kier molecular flexibility index (Phi) is 12.3. The van der Waals surface area contributed by atoms with Crippen molar-refractivity contribution in [3.05, 3.63) is 60.2 Å². The van der Waals surface area contributed by atoms with E-state index in [1.54, 1.807) is 6.08 Å². The molecule has 5 atom stereocenters. The summed E-state index contributed by atoms with van der Waals surface area (Å²) < 4.78 is 6.25. The third kappa shape index (κ3) is 9.68. The van der Waals surface area contributed by atoms with Crippen LogP contribution >= 0.6 is 0 Å². The van der Waals surface area contributed by atoms with E-state index in [2.05, 4.69) is 13.0 Å². The lowest BCUT2D eigenvalue weighted by Gasteiger charge is -2.25. The van der Waals surface area contributed by atoms with Gasteiger partial charge >= 0.3 is 5.97 Å². The molecule has 1 aromatic rings. The van der Waals surface area contributed by atoms with E-state index in [0.717, 1.165) is 50.2 Å². The maximum absolute atomic E-state index is 10.8. The molecular formula is C27H40O5. The SMILES string of the molecule is CCCCC[C@H](O)CC[C@@H]1[C@@H](CC=CCC=CC(=O)O)[C@@H](OCc2ccccc2)C[C@H]1O. The lowest BCUT2D eigenvalue weighted by Crippen LogP contribution is -2.25. The van der Waals surface area contributed by atoms with Crippen LogP contribution in [0.5, 0.6) is 0 Å². The van der Waals surface area contributed by atoms with Crippen LogP contribution in [0.25, 0.3) is 0 Å².